The van der Waals surface area contributed by atoms with Crippen molar-refractivity contribution in [3.63, 3.8) is 0 Å². The van der Waals surface area contributed by atoms with E-state index < -0.39 is 5.97 Å². The predicted octanol–water partition coefficient (Wildman–Crippen LogP) is 2.42. The Bertz CT molecular complexity index is 428. The SMILES string of the molecule is O=C(O)c1ccn(C2CCOCC2)c1C1CC1. The molecule has 0 unspecified atom stereocenters. The van der Waals surface area contributed by atoms with Crippen LogP contribution in [0.4, 0.5) is 0 Å². The number of hydrogen-bond acceptors (Lipinski definition) is 2. The number of carboxylic acids is 1. The van der Waals surface area contributed by atoms with Gasteiger partial charge in [0.2, 0.25) is 0 Å². The molecule has 2 heterocycles. The maximum absolute atomic E-state index is 11.2. The van der Waals surface area contributed by atoms with Gasteiger partial charge in [-0.2, -0.15) is 0 Å². The molecule has 17 heavy (non-hydrogen) atoms. The third kappa shape index (κ3) is 1.97. The lowest BCUT2D eigenvalue weighted by atomic mass is 10.1. The van der Waals surface area contributed by atoms with E-state index in [0.29, 0.717) is 17.5 Å². The molecule has 0 amide bonds. The highest BCUT2D eigenvalue weighted by molar-refractivity contribution is 5.89. The topological polar surface area (TPSA) is 51.5 Å². The van der Waals surface area contributed by atoms with E-state index in [9.17, 15) is 9.90 Å². The lowest BCUT2D eigenvalue weighted by Crippen LogP contribution is -2.21. The Labute approximate surface area is 100 Å². The first kappa shape index (κ1) is 10.8. The Hall–Kier alpha value is -1.29. The van der Waals surface area contributed by atoms with Crippen LogP contribution in [0.1, 0.15) is 53.7 Å². The zero-order valence-corrected chi connectivity index (χ0v) is 9.76. The molecule has 92 valence electrons. The first-order valence-corrected chi connectivity index (χ1v) is 6.29. The molecule has 4 heteroatoms. The van der Waals surface area contributed by atoms with E-state index >= 15 is 0 Å². The molecule has 2 aliphatic rings. The van der Waals surface area contributed by atoms with E-state index in [2.05, 4.69) is 4.57 Å². The Morgan fingerprint density at radius 2 is 2.00 bits per heavy atom. The van der Waals surface area contributed by atoms with Gasteiger partial charge in [-0.05, 0) is 31.7 Å². The maximum Gasteiger partial charge on any atom is 0.337 e. The van der Waals surface area contributed by atoms with Crippen LogP contribution in [0.2, 0.25) is 0 Å². The van der Waals surface area contributed by atoms with Crippen LogP contribution in [0.25, 0.3) is 0 Å². The lowest BCUT2D eigenvalue weighted by Gasteiger charge is -2.26. The number of carboxylic acid groups (broad SMARTS) is 1. The second kappa shape index (κ2) is 4.18. The first-order chi connectivity index (χ1) is 8.27. The molecular weight excluding hydrogens is 218 g/mol. The van der Waals surface area contributed by atoms with Crippen molar-refractivity contribution in [3.05, 3.63) is 23.5 Å². The van der Waals surface area contributed by atoms with Gasteiger partial charge in [-0.25, -0.2) is 4.79 Å². The van der Waals surface area contributed by atoms with Crippen LogP contribution in [0, 0.1) is 0 Å². The highest BCUT2D eigenvalue weighted by Gasteiger charge is 2.33. The first-order valence-electron chi connectivity index (χ1n) is 6.29. The highest BCUT2D eigenvalue weighted by atomic mass is 16.5. The van der Waals surface area contributed by atoms with Crippen molar-refractivity contribution in [3.8, 4) is 0 Å². The summed E-state index contributed by atoms with van der Waals surface area (Å²) in [6, 6.07) is 2.18. The normalized spacial score (nSPS) is 21.6. The van der Waals surface area contributed by atoms with Gasteiger partial charge in [-0.3, -0.25) is 0 Å². The van der Waals surface area contributed by atoms with Crippen LogP contribution in [0.15, 0.2) is 12.3 Å². The van der Waals surface area contributed by atoms with E-state index in [1.54, 1.807) is 6.07 Å². The van der Waals surface area contributed by atoms with Crippen molar-refractivity contribution >= 4 is 5.97 Å². The predicted molar refractivity (Wildman–Crippen MR) is 62.5 cm³/mol. The van der Waals surface area contributed by atoms with Gasteiger partial charge >= 0.3 is 5.97 Å². The van der Waals surface area contributed by atoms with E-state index in [0.717, 1.165) is 44.6 Å². The molecule has 3 rings (SSSR count). The molecule has 4 nitrogen and oxygen atoms in total. The monoisotopic (exact) mass is 235 g/mol. The molecule has 1 aromatic rings. The largest absolute Gasteiger partial charge is 0.478 e. The van der Waals surface area contributed by atoms with Crippen molar-refractivity contribution in [2.45, 2.75) is 37.6 Å². The number of hydrogen-bond donors (Lipinski definition) is 1. The molecule has 1 aliphatic carbocycles. The van der Waals surface area contributed by atoms with Gasteiger partial charge in [0.05, 0.1) is 5.56 Å². The summed E-state index contributed by atoms with van der Waals surface area (Å²) in [6.07, 6.45) is 6.20. The lowest BCUT2D eigenvalue weighted by molar-refractivity contribution is 0.0677. The molecule has 2 fully saturated rings. The van der Waals surface area contributed by atoms with Gasteiger partial charge in [-0.1, -0.05) is 0 Å². The van der Waals surface area contributed by atoms with Crippen molar-refractivity contribution in [2.75, 3.05) is 13.2 Å². The fourth-order valence-electron chi connectivity index (χ4n) is 2.71. The number of carbonyl (C=O) groups is 1. The summed E-state index contributed by atoms with van der Waals surface area (Å²) >= 11 is 0. The van der Waals surface area contributed by atoms with Gasteiger partial charge in [0.1, 0.15) is 0 Å². The minimum atomic E-state index is -0.794. The van der Waals surface area contributed by atoms with Gasteiger partial charge in [0.25, 0.3) is 0 Å². The summed E-state index contributed by atoms with van der Waals surface area (Å²) in [5.74, 6) is -0.323. The van der Waals surface area contributed by atoms with Crippen molar-refractivity contribution in [2.24, 2.45) is 0 Å². The van der Waals surface area contributed by atoms with Crippen LogP contribution < -0.4 is 0 Å². The number of ether oxygens (including phenoxy) is 1. The summed E-state index contributed by atoms with van der Waals surface area (Å²) < 4.78 is 7.56. The molecule has 0 aromatic carbocycles. The van der Waals surface area contributed by atoms with Gasteiger partial charge in [0.15, 0.2) is 0 Å². The van der Waals surface area contributed by atoms with Crippen LogP contribution in [-0.2, 0) is 4.74 Å². The average Bonchev–Trinajstić information content (AvgIpc) is 3.08. The van der Waals surface area contributed by atoms with Crippen LogP contribution in [0.5, 0.6) is 0 Å². The minimum absolute atomic E-state index is 0.424. The van der Waals surface area contributed by atoms with E-state index in [-0.39, 0.29) is 0 Å². The average molecular weight is 235 g/mol. The molecule has 1 saturated heterocycles. The second-order valence-corrected chi connectivity index (χ2v) is 4.94. The molecular formula is C13H17NO3. The molecule has 1 saturated carbocycles. The van der Waals surface area contributed by atoms with E-state index in [1.165, 1.54) is 0 Å². The molecule has 0 radical (unpaired) electrons. The van der Waals surface area contributed by atoms with Gasteiger partial charge < -0.3 is 14.4 Å². The highest BCUT2D eigenvalue weighted by Crippen LogP contribution is 2.43. The summed E-state index contributed by atoms with van der Waals surface area (Å²) in [5, 5.41) is 9.22. The summed E-state index contributed by atoms with van der Waals surface area (Å²) in [5.41, 5.74) is 1.54. The smallest absolute Gasteiger partial charge is 0.337 e. The molecule has 1 aromatic heterocycles. The van der Waals surface area contributed by atoms with Crippen LogP contribution in [0.3, 0.4) is 0 Å². The standard InChI is InChI=1S/C13H17NO3/c15-13(16)11-3-6-14(12(11)9-1-2-9)10-4-7-17-8-5-10/h3,6,9-10H,1-2,4-5,7-8H2,(H,15,16). The zero-order valence-electron chi connectivity index (χ0n) is 9.76. The summed E-state index contributed by atoms with van der Waals surface area (Å²) in [7, 11) is 0. The van der Waals surface area contributed by atoms with E-state index in [4.69, 9.17) is 4.74 Å². The number of nitrogens with zero attached hydrogens (tertiary/aromatic N) is 1. The Balaban J connectivity index is 1.95. The maximum atomic E-state index is 11.2. The molecule has 1 aliphatic heterocycles. The van der Waals surface area contributed by atoms with Gasteiger partial charge in [-0.15, -0.1) is 0 Å². The Morgan fingerprint density at radius 3 is 2.59 bits per heavy atom. The third-order valence-electron chi connectivity index (χ3n) is 3.73. The van der Waals surface area contributed by atoms with Crippen LogP contribution in [-0.4, -0.2) is 28.9 Å². The Morgan fingerprint density at radius 1 is 1.29 bits per heavy atom. The number of aromatic nitrogens is 1. The summed E-state index contributed by atoms with van der Waals surface area (Å²) in [6.45, 7) is 1.57. The molecule has 0 spiro atoms. The van der Waals surface area contributed by atoms with Crippen molar-refractivity contribution < 1.29 is 14.6 Å². The molecule has 0 bridgehead atoms. The number of aromatic carboxylic acids is 1. The minimum Gasteiger partial charge on any atom is -0.478 e. The molecule has 0 atom stereocenters. The van der Waals surface area contributed by atoms with Crippen molar-refractivity contribution in [1.29, 1.82) is 0 Å². The third-order valence-corrected chi connectivity index (χ3v) is 3.73. The van der Waals surface area contributed by atoms with Crippen molar-refractivity contribution in [1.82, 2.24) is 4.57 Å². The fraction of sp³-hybridized carbons (Fsp3) is 0.615. The van der Waals surface area contributed by atoms with E-state index in [1.807, 2.05) is 6.20 Å². The molecule has 1 N–H and O–H groups in total. The summed E-state index contributed by atoms with van der Waals surface area (Å²) in [4.78, 5) is 11.2. The fourth-order valence-corrected chi connectivity index (χ4v) is 2.71. The second-order valence-electron chi connectivity index (χ2n) is 4.94. The van der Waals surface area contributed by atoms with Gasteiger partial charge in [0, 0.05) is 37.1 Å². The quantitative estimate of drug-likeness (QED) is 0.875. The zero-order chi connectivity index (χ0) is 11.8. The number of rotatable bonds is 3. The Kier molecular flexibility index (Phi) is 2.67. The van der Waals surface area contributed by atoms with Crippen LogP contribution >= 0.6 is 0 Å².